The molecule has 0 aromatic rings. The van der Waals surface area contributed by atoms with E-state index in [2.05, 4.69) is 13.0 Å². The highest BCUT2D eigenvalue weighted by Crippen LogP contribution is 2.14. The Bertz CT molecular complexity index is 273. The van der Waals surface area contributed by atoms with Crippen molar-refractivity contribution in [3.8, 4) is 0 Å². The molecule has 19 heavy (non-hydrogen) atoms. The number of hydrogen-bond donors (Lipinski definition) is 0. The average molecular weight is 265 g/mol. The summed E-state index contributed by atoms with van der Waals surface area (Å²) in [5.74, 6) is 0. The topological polar surface area (TPSA) is 9.23 Å². The highest BCUT2D eigenvalue weighted by Gasteiger charge is 2.04. The van der Waals surface area contributed by atoms with Crippen LogP contribution in [0.25, 0.3) is 0 Å². The van der Waals surface area contributed by atoms with Gasteiger partial charge in [-0.25, -0.2) is 0 Å². The van der Waals surface area contributed by atoms with Crippen LogP contribution in [0.5, 0.6) is 0 Å². The van der Waals surface area contributed by atoms with Crippen molar-refractivity contribution < 1.29 is 6.11 Å². The molecule has 1 aliphatic heterocycles. The molecular formula is C18H32O. The zero-order chi connectivity index (χ0) is 14.5. The van der Waals surface area contributed by atoms with E-state index in [1.54, 1.807) is 6.26 Å². The molecule has 2 unspecified atom stereocenters. The van der Waals surface area contributed by atoms with Gasteiger partial charge in [-0.1, -0.05) is 77.2 Å². The minimum atomic E-state index is 0.0284. The maximum atomic E-state index is 8.06. The van der Waals surface area contributed by atoms with Crippen molar-refractivity contribution in [2.75, 3.05) is 0 Å². The summed E-state index contributed by atoms with van der Waals surface area (Å²) < 4.78 is 13.5. The molecule has 1 heteroatoms. The number of hydrogen-bond acceptors (Lipinski definition) is 1. The molecule has 0 aromatic carbocycles. The standard InChI is InChI=1S/C18H32O/c1-2-3-4-5-6-7-8-9-10-11-12-15-18-16-13-14-17-19-18/h13-14,16-18H,2-12,15H2,1H3/i12D. The molecule has 1 aliphatic rings. The van der Waals surface area contributed by atoms with Gasteiger partial charge in [-0.05, 0) is 25.0 Å². The molecule has 0 saturated carbocycles. The van der Waals surface area contributed by atoms with Gasteiger partial charge >= 0.3 is 0 Å². The number of ether oxygens (including phenoxy) is 1. The lowest BCUT2D eigenvalue weighted by Gasteiger charge is -2.14. The summed E-state index contributed by atoms with van der Waals surface area (Å²) in [6, 6.07) is 0. The molecule has 0 bridgehead atoms. The second kappa shape index (κ2) is 12.3. The molecule has 0 aromatic heterocycles. The van der Waals surface area contributed by atoms with Crippen LogP contribution in [-0.4, -0.2) is 6.10 Å². The molecule has 110 valence electrons. The Hall–Kier alpha value is -0.720. The van der Waals surface area contributed by atoms with E-state index in [0.717, 1.165) is 12.8 Å². The van der Waals surface area contributed by atoms with Crippen molar-refractivity contribution >= 4 is 0 Å². The predicted octanol–water partition coefficient (Wildman–Crippen LogP) is 6.16. The van der Waals surface area contributed by atoms with E-state index < -0.39 is 0 Å². The van der Waals surface area contributed by atoms with Crippen molar-refractivity contribution in [1.29, 1.82) is 0 Å². The van der Waals surface area contributed by atoms with Gasteiger partial charge in [0.05, 0.1) is 6.26 Å². The maximum absolute atomic E-state index is 8.06. The van der Waals surface area contributed by atoms with Crippen LogP contribution < -0.4 is 0 Å². The van der Waals surface area contributed by atoms with Gasteiger partial charge in [0, 0.05) is 1.37 Å². The third kappa shape index (κ3) is 9.81. The molecule has 0 aliphatic carbocycles. The molecule has 0 radical (unpaired) electrons. The number of allylic oxidation sites excluding steroid dienone is 2. The third-order valence-electron chi connectivity index (χ3n) is 3.68. The van der Waals surface area contributed by atoms with Crippen molar-refractivity contribution in [2.24, 2.45) is 0 Å². The molecule has 0 spiro atoms. The van der Waals surface area contributed by atoms with Crippen molar-refractivity contribution in [3.05, 3.63) is 24.5 Å². The Labute approximate surface area is 121 Å². The minimum absolute atomic E-state index is 0.0284. The van der Waals surface area contributed by atoms with Crippen LogP contribution in [0, 0.1) is 0 Å². The fourth-order valence-corrected chi connectivity index (χ4v) is 2.44. The molecular weight excluding hydrogens is 232 g/mol. The SMILES string of the molecule is [2H]C(CCCCCCCCCCC)CC1C=CC=CO1. The highest BCUT2D eigenvalue weighted by molar-refractivity contribution is 5.07. The normalized spacial score (nSPS) is 20.1. The van der Waals surface area contributed by atoms with Gasteiger partial charge in [-0.15, -0.1) is 0 Å². The zero-order valence-corrected chi connectivity index (χ0v) is 12.7. The lowest BCUT2D eigenvalue weighted by molar-refractivity contribution is 0.170. The van der Waals surface area contributed by atoms with Crippen LogP contribution >= 0.6 is 0 Å². The first kappa shape index (κ1) is 14.7. The van der Waals surface area contributed by atoms with Crippen LogP contribution in [0.1, 0.15) is 85.3 Å². The first-order valence-electron chi connectivity index (χ1n) is 8.81. The zero-order valence-electron chi connectivity index (χ0n) is 13.7. The molecule has 0 fully saturated rings. The van der Waals surface area contributed by atoms with Gasteiger partial charge < -0.3 is 4.74 Å². The monoisotopic (exact) mass is 265 g/mol. The predicted molar refractivity (Wildman–Crippen MR) is 84.2 cm³/mol. The summed E-state index contributed by atoms with van der Waals surface area (Å²) in [6.45, 7) is 2.27. The Morgan fingerprint density at radius 1 is 0.895 bits per heavy atom. The number of unbranched alkanes of at least 4 members (excludes halogenated alkanes) is 8. The first-order chi connectivity index (χ1) is 9.83. The Balaban J connectivity index is 1.85. The van der Waals surface area contributed by atoms with Crippen molar-refractivity contribution in [1.82, 2.24) is 0 Å². The van der Waals surface area contributed by atoms with E-state index in [1.807, 2.05) is 12.2 Å². The van der Waals surface area contributed by atoms with E-state index in [-0.39, 0.29) is 12.5 Å². The van der Waals surface area contributed by atoms with E-state index in [4.69, 9.17) is 6.11 Å². The fourth-order valence-electron chi connectivity index (χ4n) is 2.44. The summed E-state index contributed by atoms with van der Waals surface area (Å²) in [5.41, 5.74) is 0. The molecule has 2 atom stereocenters. The lowest BCUT2D eigenvalue weighted by atomic mass is 10.0. The quantitative estimate of drug-likeness (QED) is 0.384. The lowest BCUT2D eigenvalue weighted by Crippen LogP contribution is -2.07. The van der Waals surface area contributed by atoms with Crippen molar-refractivity contribution in [3.63, 3.8) is 0 Å². The molecule has 0 N–H and O–H groups in total. The average Bonchev–Trinajstić information content (AvgIpc) is 2.46. The molecule has 1 heterocycles. The second-order valence-corrected chi connectivity index (χ2v) is 5.53. The minimum Gasteiger partial charge on any atom is -0.494 e. The Morgan fingerprint density at radius 3 is 2.11 bits per heavy atom. The molecule has 0 amide bonds. The summed E-state index contributed by atoms with van der Waals surface area (Å²) in [6.07, 6.45) is 21.9. The van der Waals surface area contributed by atoms with E-state index in [1.165, 1.54) is 57.8 Å². The van der Waals surface area contributed by atoms with Crippen molar-refractivity contribution in [2.45, 2.75) is 90.1 Å². The van der Waals surface area contributed by atoms with E-state index >= 15 is 0 Å². The summed E-state index contributed by atoms with van der Waals surface area (Å²) in [7, 11) is 0. The Kier molecular flexibility index (Phi) is 9.52. The van der Waals surface area contributed by atoms with Gasteiger partial charge in [-0.2, -0.15) is 0 Å². The van der Waals surface area contributed by atoms with Gasteiger partial charge in [0.1, 0.15) is 6.10 Å². The maximum Gasteiger partial charge on any atom is 0.116 e. The molecule has 0 saturated heterocycles. The number of rotatable bonds is 12. The highest BCUT2D eigenvalue weighted by atomic mass is 16.5. The third-order valence-corrected chi connectivity index (χ3v) is 3.68. The van der Waals surface area contributed by atoms with Crippen LogP contribution in [-0.2, 0) is 4.74 Å². The van der Waals surface area contributed by atoms with E-state index in [0.29, 0.717) is 0 Å². The van der Waals surface area contributed by atoms with Gasteiger partial charge in [0.15, 0.2) is 0 Å². The second-order valence-electron chi connectivity index (χ2n) is 5.53. The van der Waals surface area contributed by atoms with Crippen LogP contribution in [0.2, 0.25) is 0 Å². The van der Waals surface area contributed by atoms with Crippen LogP contribution in [0.3, 0.4) is 0 Å². The summed E-state index contributed by atoms with van der Waals surface area (Å²) >= 11 is 0. The smallest absolute Gasteiger partial charge is 0.116 e. The molecule has 1 rings (SSSR count). The largest absolute Gasteiger partial charge is 0.494 e. The van der Waals surface area contributed by atoms with Gasteiger partial charge in [0.25, 0.3) is 0 Å². The van der Waals surface area contributed by atoms with Gasteiger partial charge in [0.2, 0.25) is 0 Å². The van der Waals surface area contributed by atoms with E-state index in [9.17, 15) is 0 Å². The van der Waals surface area contributed by atoms with Crippen LogP contribution in [0.4, 0.5) is 0 Å². The molecule has 1 nitrogen and oxygen atoms in total. The summed E-state index contributed by atoms with van der Waals surface area (Å²) in [5, 5.41) is 0. The first-order valence-corrected chi connectivity index (χ1v) is 8.24. The summed E-state index contributed by atoms with van der Waals surface area (Å²) in [4.78, 5) is 0. The van der Waals surface area contributed by atoms with Crippen LogP contribution in [0.15, 0.2) is 24.5 Å². The Morgan fingerprint density at radius 2 is 1.53 bits per heavy atom. The fraction of sp³-hybridized carbons (Fsp3) is 0.778. The van der Waals surface area contributed by atoms with Gasteiger partial charge in [-0.3, -0.25) is 0 Å².